The molecule has 1 aromatic carbocycles. The normalized spacial score (nSPS) is 22.6. The number of benzene rings is 1. The smallest absolute Gasteiger partial charge is 0.254 e. The number of rotatable bonds is 4. The average molecular weight is 274 g/mol. The standard InChI is InChI=1S/C16H22N2O2/c1-2-5-12-6-3-4-7-14(12)16(20)18-9-8-15(17)13(10-18)11-19/h2-4,6-7,13,15,19H,1,5,8-11,17H2/t13-,15+/m0/s1. The highest BCUT2D eigenvalue weighted by Crippen LogP contribution is 2.19. The van der Waals surface area contributed by atoms with Crippen molar-refractivity contribution < 1.29 is 9.90 Å². The zero-order valence-electron chi connectivity index (χ0n) is 11.7. The molecule has 1 aliphatic heterocycles. The number of aliphatic hydroxyl groups excluding tert-OH is 1. The van der Waals surface area contributed by atoms with Gasteiger partial charge in [-0.15, -0.1) is 6.58 Å². The van der Waals surface area contributed by atoms with E-state index < -0.39 is 0 Å². The fraction of sp³-hybridized carbons (Fsp3) is 0.438. The predicted molar refractivity (Wildman–Crippen MR) is 79.4 cm³/mol. The van der Waals surface area contributed by atoms with Crippen LogP contribution < -0.4 is 5.73 Å². The third-order valence-corrected chi connectivity index (χ3v) is 3.93. The lowest BCUT2D eigenvalue weighted by molar-refractivity contribution is 0.0583. The molecule has 1 aromatic rings. The highest BCUT2D eigenvalue weighted by Gasteiger charge is 2.29. The first-order valence-electron chi connectivity index (χ1n) is 7.02. The van der Waals surface area contributed by atoms with Crippen LogP contribution in [0.2, 0.25) is 0 Å². The van der Waals surface area contributed by atoms with E-state index in [1.807, 2.05) is 24.3 Å². The van der Waals surface area contributed by atoms with Gasteiger partial charge in [-0.3, -0.25) is 4.79 Å². The lowest BCUT2D eigenvalue weighted by atomic mass is 9.92. The molecule has 0 spiro atoms. The van der Waals surface area contributed by atoms with Gasteiger partial charge >= 0.3 is 0 Å². The van der Waals surface area contributed by atoms with Crippen molar-refractivity contribution in [3.8, 4) is 0 Å². The summed E-state index contributed by atoms with van der Waals surface area (Å²) >= 11 is 0. The van der Waals surface area contributed by atoms with E-state index in [0.29, 0.717) is 19.5 Å². The number of allylic oxidation sites excluding steroid dienone is 1. The van der Waals surface area contributed by atoms with Crippen LogP contribution in [0.4, 0.5) is 0 Å². The van der Waals surface area contributed by atoms with Crippen molar-refractivity contribution in [2.75, 3.05) is 19.7 Å². The van der Waals surface area contributed by atoms with Gasteiger partial charge in [-0.1, -0.05) is 24.3 Å². The SMILES string of the molecule is C=CCc1ccccc1C(=O)N1CC[C@@H](N)[C@H](CO)C1. The first kappa shape index (κ1) is 14.8. The van der Waals surface area contributed by atoms with Crippen LogP contribution in [0, 0.1) is 5.92 Å². The molecule has 108 valence electrons. The van der Waals surface area contributed by atoms with E-state index in [4.69, 9.17) is 5.73 Å². The molecule has 2 atom stereocenters. The van der Waals surface area contributed by atoms with Gasteiger partial charge in [0.15, 0.2) is 0 Å². The Balaban J connectivity index is 2.17. The summed E-state index contributed by atoms with van der Waals surface area (Å²) in [4.78, 5) is 14.4. The van der Waals surface area contributed by atoms with E-state index in [9.17, 15) is 9.90 Å². The van der Waals surface area contributed by atoms with Crippen molar-refractivity contribution in [1.82, 2.24) is 4.90 Å². The van der Waals surface area contributed by atoms with Crippen LogP contribution >= 0.6 is 0 Å². The maximum atomic E-state index is 12.6. The van der Waals surface area contributed by atoms with E-state index in [2.05, 4.69) is 6.58 Å². The summed E-state index contributed by atoms with van der Waals surface area (Å²) in [6.45, 7) is 4.94. The number of carbonyl (C=O) groups is 1. The maximum Gasteiger partial charge on any atom is 0.254 e. The van der Waals surface area contributed by atoms with Gasteiger partial charge in [-0.25, -0.2) is 0 Å². The number of hydrogen-bond donors (Lipinski definition) is 2. The van der Waals surface area contributed by atoms with E-state index >= 15 is 0 Å². The third-order valence-electron chi connectivity index (χ3n) is 3.93. The molecule has 0 unspecified atom stereocenters. The Morgan fingerprint density at radius 3 is 2.95 bits per heavy atom. The largest absolute Gasteiger partial charge is 0.396 e. The zero-order valence-corrected chi connectivity index (χ0v) is 11.7. The van der Waals surface area contributed by atoms with Crippen molar-refractivity contribution >= 4 is 5.91 Å². The van der Waals surface area contributed by atoms with Crippen LogP contribution in [-0.4, -0.2) is 41.7 Å². The number of likely N-dealkylation sites (tertiary alicyclic amines) is 1. The molecular formula is C16H22N2O2. The minimum atomic E-state index is -0.0285. The number of amides is 1. The molecule has 0 aromatic heterocycles. The van der Waals surface area contributed by atoms with Gasteiger partial charge < -0.3 is 15.7 Å². The van der Waals surface area contributed by atoms with Crippen LogP contribution in [-0.2, 0) is 6.42 Å². The lowest BCUT2D eigenvalue weighted by Crippen LogP contribution is -2.50. The molecule has 20 heavy (non-hydrogen) atoms. The number of piperidine rings is 1. The molecule has 0 aliphatic carbocycles. The topological polar surface area (TPSA) is 66.6 Å². The van der Waals surface area contributed by atoms with Gasteiger partial charge in [0.05, 0.1) is 0 Å². The van der Waals surface area contributed by atoms with Gasteiger partial charge in [0.25, 0.3) is 5.91 Å². The molecule has 0 saturated carbocycles. The second-order valence-electron chi connectivity index (χ2n) is 5.30. The van der Waals surface area contributed by atoms with E-state index in [0.717, 1.165) is 17.5 Å². The van der Waals surface area contributed by atoms with Gasteiger partial charge in [0.2, 0.25) is 0 Å². The Morgan fingerprint density at radius 1 is 1.50 bits per heavy atom. The van der Waals surface area contributed by atoms with Crippen molar-refractivity contribution in [1.29, 1.82) is 0 Å². The Hall–Kier alpha value is -1.65. The van der Waals surface area contributed by atoms with E-state index in [-0.39, 0.29) is 24.5 Å². The number of carbonyl (C=O) groups excluding carboxylic acids is 1. The molecule has 4 heteroatoms. The van der Waals surface area contributed by atoms with Crippen molar-refractivity contribution in [3.05, 3.63) is 48.0 Å². The summed E-state index contributed by atoms with van der Waals surface area (Å²) in [6.07, 6.45) is 3.22. The average Bonchev–Trinajstić information content (AvgIpc) is 2.48. The van der Waals surface area contributed by atoms with Gasteiger partial charge in [0.1, 0.15) is 0 Å². The van der Waals surface area contributed by atoms with Gasteiger partial charge in [0, 0.05) is 37.2 Å². The number of aliphatic hydroxyl groups is 1. The predicted octanol–water partition coefficient (Wildman–Crippen LogP) is 1.20. The highest BCUT2D eigenvalue weighted by molar-refractivity contribution is 5.95. The van der Waals surface area contributed by atoms with Crippen molar-refractivity contribution in [2.24, 2.45) is 11.7 Å². The van der Waals surface area contributed by atoms with Crippen LogP contribution in [0.25, 0.3) is 0 Å². The molecule has 2 rings (SSSR count). The first-order chi connectivity index (χ1) is 9.67. The summed E-state index contributed by atoms with van der Waals surface area (Å²) in [5.41, 5.74) is 7.67. The third kappa shape index (κ3) is 3.08. The maximum absolute atomic E-state index is 12.6. The summed E-state index contributed by atoms with van der Waals surface area (Å²) in [7, 11) is 0. The highest BCUT2D eigenvalue weighted by atomic mass is 16.3. The second-order valence-corrected chi connectivity index (χ2v) is 5.30. The Labute approximate surface area is 119 Å². The van der Waals surface area contributed by atoms with Crippen molar-refractivity contribution in [2.45, 2.75) is 18.9 Å². The molecule has 0 bridgehead atoms. The van der Waals surface area contributed by atoms with Crippen LogP contribution in [0.5, 0.6) is 0 Å². The Kier molecular flexibility index (Phi) is 4.93. The van der Waals surface area contributed by atoms with E-state index in [1.165, 1.54) is 0 Å². The second kappa shape index (κ2) is 6.68. The minimum Gasteiger partial charge on any atom is -0.396 e. The monoisotopic (exact) mass is 274 g/mol. The Morgan fingerprint density at radius 2 is 2.25 bits per heavy atom. The lowest BCUT2D eigenvalue weighted by Gasteiger charge is -2.36. The summed E-state index contributed by atoms with van der Waals surface area (Å²) in [5.74, 6) is -0.00735. The summed E-state index contributed by atoms with van der Waals surface area (Å²) in [6, 6.07) is 7.59. The van der Waals surface area contributed by atoms with Gasteiger partial charge in [-0.05, 0) is 24.5 Å². The number of hydrogen-bond acceptors (Lipinski definition) is 3. The number of nitrogens with two attached hydrogens (primary N) is 1. The molecule has 1 saturated heterocycles. The molecule has 1 fully saturated rings. The fourth-order valence-corrected chi connectivity index (χ4v) is 2.66. The quantitative estimate of drug-likeness (QED) is 0.811. The van der Waals surface area contributed by atoms with Gasteiger partial charge in [-0.2, -0.15) is 0 Å². The van der Waals surface area contributed by atoms with Crippen molar-refractivity contribution in [3.63, 3.8) is 0 Å². The molecular weight excluding hydrogens is 252 g/mol. The number of nitrogens with zero attached hydrogens (tertiary/aromatic N) is 1. The first-order valence-corrected chi connectivity index (χ1v) is 7.02. The summed E-state index contributed by atoms with van der Waals surface area (Å²) in [5, 5.41) is 9.34. The Bertz CT molecular complexity index is 487. The zero-order chi connectivity index (χ0) is 14.5. The minimum absolute atomic E-state index is 0.0209. The molecule has 1 heterocycles. The molecule has 1 aliphatic rings. The molecule has 0 radical (unpaired) electrons. The molecule has 3 N–H and O–H groups in total. The molecule has 1 amide bonds. The van der Waals surface area contributed by atoms with E-state index in [1.54, 1.807) is 11.0 Å². The van der Waals surface area contributed by atoms with Crippen LogP contribution in [0.3, 0.4) is 0 Å². The summed E-state index contributed by atoms with van der Waals surface area (Å²) < 4.78 is 0. The fourth-order valence-electron chi connectivity index (χ4n) is 2.66. The van der Waals surface area contributed by atoms with Crippen LogP contribution in [0.15, 0.2) is 36.9 Å². The molecule has 4 nitrogen and oxygen atoms in total. The van der Waals surface area contributed by atoms with Crippen LogP contribution in [0.1, 0.15) is 22.3 Å².